The van der Waals surface area contributed by atoms with Crippen LogP contribution in [0.5, 0.6) is 5.88 Å². The largest absolute Gasteiger partial charge is 0.466 e. The summed E-state index contributed by atoms with van der Waals surface area (Å²) in [6.07, 6.45) is -1.79. The molecule has 0 radical (unpaired) electrons. The lowest BCUT2D eigenvalue weighted by atomic mass is 10.5. The molecule has 0 bridgehead atoms. The van der Waals surface area contributed by atoms with Gasteiger partial charge in [0.15, 0.2) is 6.61 Å². The number of rotatable bonds is 4. The summed E-state index contributed by atoms with van der Waals surface area (Å²) in [7, 11) is 0. The lowest BCUT2D eigenvalue weighted by Crippen LogP contribution is -2.19. The first-order valence-electron chi connectivity index (χ1n) is 4.35. The molecule has 0 N–H and O–H groups in total. The van der Waals surface area contributed by atoms with Gasteiger partial charge in [0.25, 0.3) is 0 Å². The van der Waals surface area contributed by atoms with Crippen LogP contribution >= 0.6 is 22.6 Å². The topological polar surface area (TPSA) is 27.1 Å². The van der Waals surface area contributed by atoms with Crippen molar-refractivity contribution in [2.24, 2.45) is 0 Å². The smallest absolute Gasteiger partial charge is 0.422 e. The molecule has 0 unspecified atom stereocenters. The zero-order valence-corrected chi connectivity index (χ0v) is 10.2. The predicted molar refractivity (Wildman–Crippen MR) is 56.8 cm³/mol. The highest BCUT2D eigenvalue weighted by atomic mass is 127. The highest BCUT2D eigenvalue weighted by Gasteiger charge is 2.29. The molecule has 0 saturated carbocycles. The van der Waals surface area contributed by atoms with Gasteiger partial charge in [-0.1, -0.05) is 6.92 Å². The molecule has 1 heterocycles. The number of nitrogens with zero attached hydrogens (tertiary/aromatic N) is 2. The fourth-order valence-electron chi connectivity index (χ4n) is 0.971. The van der Waals surface area contributed by atoms with Crippen LogP contribution in [0.3, 0.4) is 0 Å². The SMILES string of the molecule is CCCn1cc(I)c(OCC(F)(F)F)n1. The van der Waals surface area contributed by atoms with Gasteiger partial charge in [0, 0.05) is 12.7 Å². The third kappa shape index (κ3) is 4.27. The maximum Gasteiger partial charge on any atom is 0.422 e. The first-order chi connectivity index (χ1) is 6.92. The van der Waals surface area contributed by atoms with Crippen molar-refractivity contribution in [3.05, 3.63) is 9.77 Å². The molecule has 0 spiro atoms. The summed E-state index contributed by atoms with van der Waals surface area (Å²) < 4.78 is 42.3. The van der Waals surface area contributed by atoms with Crippen LogP contribution in [-0.2, 0) is 6.54 Å². The van der Waals surface area contributed by atoms with E-state index in [4.69, 9.17) is 0 Å². The molecule has 0 aliphatic carbocycles. The van der Waals surface area contributed by atoms with E-state index in [1.807, 2.05) is 29.5 Å². The van der Waals surface area contributed by atoms with Gasteiger partial charge >= 0.3 is 6.18 Å². The molecule has 86 valence electrons. The normalized spacial score (nSPS) is 11.8. The summed E-state index contributed by atoms with van der Waals surface area (Å²) in [6.45, 7) is 1.34. The number of halogens is 4. The van der Waals surface area contributed by atoms with Gasteiger partial charge in [-0.3, -0.25) is 4.68 Å². The first kappa shape index (κ1) is 12.6. The molecule has 3 nitrogen and oxygen atoms in total. The molecular formula is C8H10F3IN2O. The number of ether oxygens (including phenoxy) is 1. The van der Waals surface area contributed by atoms with Crippen LogP contribution < -0.4 is 4.74 Å². The Morgan fingerprint density at radius 3 is 2.73 bits per heavy atom. The highest BCUT2D eigenvalue weighted by Crippen LogP contribution is 2.21. The van der Waals surface area contributed by atoms with Gasteiger partial charge in [0.05, 0.1) is 3.57 Å². The van der Waals surface area contributed by atoms with E-state index in [1.54, 1.807) is 10.9 Å². The number of hydrogen-bond acceptors (Lipinski definition) is 2. The van der Waals surface area contributed by atoms with E-state index < -0.39 is 12.8 Å². The van der Waals surface area contributed by atoms with Crippen molar-refractivity contribution in [3.8, 4) is 5.88 Å². The maximum atomic E-state index is 11.9. The Balaban J connectivity index is 2.61. The molecule has 1 rings (SSSR count). The molecule has 1 aromatic heterocycles. The van der Waals surface area contributed by atoms with Gasteiger partial charge in [0.1, 0.15) is 0 Å². The van der Waals surface area contributed by atoms with Crippen molar-refractivity contribution in [2.75, 3.05) is 6.61 Å². The summed E-state index contributed by atoms with van der Waals surface area (Å²) in [4.78, 5) is 0. The second-order valence-corrected chi connectivity index (χ2v) is 4.11. The Morgan fingerprint density at radius 2 is 2.20 bits per heavy atom. The standard InChI is InChI=1S/C8H10F3IN2O/c1-2-3-14-4-6(12)7(13-14)15-5-8(9,10)11/h4H,2-3,5H2,1H3. The molecule has 7 heteroatoms. The third-order valence-corrected chi connectivity index (χ3v) is 2.25. The molecule has 0 amide bonds. The van der Waals surface area contributed by atoms with Gasteiger partial charge in [0.2, 0.25) is 5.88 Å². The quantitative estimate of drug-likeness (QED) is 0.792. The highest BCUT2D eigenvalue weighted by molar-refractivity contribution is 14.1. The van der Waals surface area contributed by atoms with Gasteiger partial charge in [-0.05, 0) is 29.0 Å². The van der Waals surface area contributed by atoms with Crippen molar-refractivity contribution in [1.29, 1.82) is 0 Å². The van der Waals surface area contributed by atoms with Gasteiger partial charge < -0.3 is 4.74 Å². The lowest BCUT2D eigenvalue weighted by Gasteiger charge is -2.06. The molecule has 0 aliphatic rings. The minimum Gasteiger partial charge on any atom is -0.466 e. The summed E-state index contributed by atoms with van der Waals surface area (Å²) >= 11 is 1.90. The fraction of sp³-hybridized carbons (Fsp3) is 0.625. The maximum absolute atomic E-state index is 11.9. The molecule has 0 saturated heterocycles. The van der Waals surface area contributed by atoms with E-state index in [0.29, 0.717) is 10.1 Å². The average Bonchev–Trinajstić information content (AvgIpc) is 2.42. The van der Waals surface area contributed by atoms with E-state index in [9.17, 15) is 13.2 Å². The van der Waals surface area contributed by atoms with Crippen molar-refractivity contribution >= 4 is 22.6 Å². The van der Waals surface area contributed by atoms with Crippen molar-refractivity contribution in [2.45, 2.75) is 26.1 Å². The van der Waals surface area contributed by atoms with Crippen molar-refractivity contribution in [1.82, 2.24) is 9.78 Å². The van der Waals surface area contributed by atoms with Crippen LogP contribution in [0.4, 0.5) is 13.2 Å². The summed E-state index contributed by atoms with van der Waals surface area (Å²) in [5, 5.41) is 3.89. The van der Waals surface area contributed by atoms with Crippen LogP contribution in [0.2, 0.25) is 0 Å². The van der Waals surface area contributed by atoms with Gasteiger partial charge in [-0.2, -0.15) is 13.2 Å². The van der Waals surface area contributed by atoms with Gasteiger partial charge in [-0.25, -0.2) is 0 Å². The third-order valence-electron chi connectivity index (χ3n) is 1.51. The molecule has 0 atom stereocenters. The number of hydrogen-bond donors (Lipinski definition) is 0. The van der Waals surface area contributed by atoms with E-state index in [2.05, 4.69) is 9.84 Å². The van der Waals surface area contributed by atoms with Crippen LogP contribution in [0, 0.1) is 3.57 Å². The van der Waals surface area contributed by atoms with E-state index in [1.165, 1.54) is 0 Å². The fourth-order valence-corrected chi connectivity index (χ4v) is 1.56. The monoisotopic (exact) mass is 334 g/mol. The first-order valence-corrected chi connectivity index (χ1v) is 5.42. The van der Waals surface area contributed by atoms with E-state index in [0.717, 1.165) is 6.42 Å². The van der Waals surface area contributed by atoms with Gasteiger partial charge in [-0.15, -0.1) is 5.10 Å². The van der Waals surface area contributed by atoms with Crippen LogP contribution in [0.15, 0.2) is 6.20 Å². The van der Waals surface area contributed by atoms with Crippen LogP contribution in [0.25, 0.3) is 0 Å². The summed E-state index contributed by atoms with van der Waals surface area (Å²) in [5.74, 6) is 0.0429. The summed E-state index contributed by atoms with van der Waals surface area (Å²) in [6, 6.07) is 0. The Bertz CT molecular complexity index is 324. The molecule has 1 aromatic rings. The molecule has 0 aromatic carbocycles. The zero-order chi connectivity index (χ0) is 11.5. The van der Waals surface area contributed by atoms with E-state index >= 15 is 0 Å². The number of alkyl halides is 3. The van der Waals surface area contributed by atoms with Crippen molar-refractivity contribution < 1.29 is 17.9 Å². The predicted octanol–water partition coefficient (Wildman–Crippen LogP) is 2.84. The average molecular weight is 334 g/mol. The number of aryl methyl sites for hydroxylation is 1. The Morgan fingerprint density at radius 1 is 1.53 bits per heavy atom. The Kier molecular flexibility index (Phi) is 4.23. The Hall–Kier alpha value is -0.470. The minimum absolute atomic E-state index is 0.0429. The zero-order valence-electron chi connectivity index (χ0n) is 8.01. The minimum atomic E-state index is -4.32. The summed E-state index contributed by atoms with van der Waals surface area (Å²) in [5.41, 5.74) is 0. The molecule has 15 heavy (non-hydrogen) atoms. The van der Waals surface area contributed by atoms with Crippen molar-refractivity contribution in [3.63, 3.8) is 0 Å². The lowest BCUT2D eigenvalue weighted by molar-refractivity contribution is -0.154. The van der Waals surface area contributed by atoms with Crippen LogP contribution in [-0.4, -0.2) is 22.6 Å². The second kappa shape index (κ2) is 5.04. The number of aromatic nitrogens is 2. The molecular weight excluding hydrogens is 324 g/mol. The molecule has 0 fully saturated rings. The Labute approximate surface area is 98.7 Å². The van der Waals surface area contributed by atoms with Crippen LogP contribution in [0.1, 0.15) is 13.3 Å². The molecule has 0 aliphatic heterocycles. The van der Waals surface area contributed by atoms with E-state index in [-0.39, 0.29) is 5.88 Å². The second-order valence-electron chi connectivity index (χ2n) is 2.95.